The predicted octanol–water partition coefficient (Wildman–Crippen LogP) is 5.20. The zero-order valence-electron chi connectivity index (χ0n) is 19.9. The molecule has 0 spiro atoms. The van der Waals surface area contributed by atoms with Crippen molar-refractivity contribution in [3.63, 3.8) is 0 Å². The van der Waals surface area contributed by atoms with Gasteiger partial charge in [0.1, 0.15) is 11.6 Å². The number of amides is 2. The highest BCUT2D eigenvalue weighted by molar-refractivity contribution is 5.88. The Kier molecular flexibility index (Phi) is 7.92. The first-order valence-corrected chi connectivity index (χ1v) is 11.6. The molecule has 1 atom stereocenters. The molecule has 8 heteroatoms. The lowest BCUT2D eigenvalue weighted by Crippen LogP contribution is -2.42. The van der Waals surface area contributed by atoms with Crippen LogP contribution >= 0.6 is 0 Å². The molecule has 35 heavy (non-hydrogen) atoms. The molecule has 1 aromatic heterocycles. The molecule has 1 N–H and O–H groups in total. The van der Waals surface area contributed by atoms with Crippen LogP contribution in [0.5, 0.6) is 11.6 Å². The lowest BCUT2D eigenvalue weighted by atomic mass is 9.91. The van der Waals surface area contributed by atoms with E-state index in [0.717, 1.165) is 23.3 Å². The van der Waals surface area contributed by atoms with Crippen LogP contribution in [-0.4, -0.2) is 47.7 Å². The Labute approximate surface area is 204 Å². The number of anilines is 1. The van der Waals surface area contributed by atoms with Gasteiger partial charge in [-0.2, -0.15) is 0 Å². The van der Waals surface area contributed by atoms with Crippen molar-refractivity contribution in [2.24, 2.45) is 5.92 Å². The maximum absolute atomic E-state index is 13.0. The van der Waals surface area contributed by atoms with Crippen LogP contribution in [0.1, 0.15) is 24.5 Å². The van der Waals surface area contributed by atoms with Gasteiger partial charge in [-0.1, -0.05) is 42.8 Å². The highest BCUT2D eigenvalue weighted by Crippen LogP contribution is 2.26. The van der Waals surface area contributed by atoms with Crippen LogP contribution in [0.2, 0.25) is 0 Å². The van der Waals surface area contributed by atoms with E-state index in [4.69, 9.17) is 9.47 Å². The summed E-state index contributed by atoms with van der Waals surface area (Å²) in [7, 11) is 1.52. The van der Waals surface area contributed by atoms with E-state index in [-0.39, 0.29) is 17.8 Å². The summed E-state index contributed by atoms with van der Waals surface area (Å²) in [6, 6.07) is 14.3. The number of methoxy groups -OCH3 is 1. The lowest BCUT2D eigenvalue weighted by molar-refractivity contribution is 0.197. The molecule has 2 heterocycles. The highest BCUT2D eigenvalue weighted by atomic mass is 19.1. The summed E-state index contributed by atoms with van der Waals surface area (Å²) in [5.41, 5.74) is 3.40. The maximum Gasteiger partial charge on any atom is 0.323 e. The van der Waals surface area contributed by atoms with Crippen LogP contribution in [0.25, 0.3) is 6.08 Å². The monoisotopic (exact) mass is 476 g/mol. The van der Waals surface area contributed by atoms with E-state index in [1.165, 1.54) is 37.2 Å². The maximum atomic E-state index is 13.0. The molecule has 182 valence electrons. The smallest absolute Gasteiger partial charge is 0.323 e. The minimum absolute atomic E-state index is 0.188. The van der Waals surface area contributed by atoms with Gasteiger partial charge in [-0.15, -0.1) is 0 Å². The number of nitrogens with one attached hydrogen (secondary N) is 1. The van der Waals surface area contributed by atoms with Crippen molar-refractivity contribution in [3.05, 3.63) is 83.4 Å². The van der Waals surface area contributed by atoms with Crippen molar-refractivity contribution in [2.45, 2.75) is 19.8 Å². The molecular weight excluding hydrogens is 447 g/mol. The van der Waals surface area contributed by atoms with Crippen LogP contribution in [-0.2, 0) is 6.42 Å². The number of aromatic nitrogens is 2. The number of hydrogen-bond donors (Lipinski definition) is 1. The number of benzene rings is 2. The summed E-state index contributed by atoms with van der Waals surface area (Å²) < 4.78 is 23.9. The average molecular weight is 477 g/mol. The van der Waals surface area contributed by atoms with Crippen LogP contribution < -0.4 is 14.8 Å². The normalized spacial score (nSPS) is 16.7. The third-order valence-electron chi connectivity index (χ3n) is 5.94. The molecule has 2 aromatic carbocycles. The predicted molar refractivity (Wildman–Crippen MR) is 133 cm³/mol. The molecule has 0 radical (unpaired) electrons. The SMILES string of the molecule is COc1cnc(NC(=O)N2CC/C(=C\c3cccc(OCCc4ccc(F)cc4)c3)C(C)C2)cn1. The molecule has 7 nitrogen and oxygen atoms in total. The summed E-state index contributed by atoms with van der Waals surface area (Å²) >= 11 is 0. The van der Waals surface area contributed by atoms with Gasteiger partial charge in [0, 0.05) is 19.5 Å². The number of carbonyl (C=O) groups is 1. The Morgan fingerprint density at radius 2 is 2.03 bits per heavy atom. The third kappa shape index (κ3) is 6.79. The molecule has 1 saturated heterocycles. The summed E-state index contributed by atoms with van der Waals surface area (Å²) in [6.45, 7) is 3.89. The second kappa shape index (κ2) is 11.5. The van der Waals surface area contributed by atoms with Gasteiger partial charge in [0.15, 0.2) is 5.82 Å². The van der Waals surface area contributed by atoms with Crippen molar-refractivity contribution in [2.75, 3.05) is 32.1 Å². The Morgan fingerprint density at radius 1 is 1.20 bits per heavy atom. The topological polar surface area (TPSA) is 76.6 Å². The zero-order valence-corrected chi connectivity index (χ0v) is 19.9. The molecule has 1 aliphatic heterocycles. The number of nitrogens with zero attached hydrogens (tertiary/aromatic N) is 3. The first-order chi connectivity index (χ1) is 17.0. The summed E-state index contributed by atoms with van der Waals surface area (Å²) in [5, 5.41) is 2.79. The fourth-order valence-corrected chi connectivity index (χ4v) is 3.97. The molecule has 4 rings (SSSR count). The summed E-state index contributed by atoms with van der Waals surface area (Å²) in [4.78, 5) is 22.7. The van der Waals surface area contributed by atoms with Gasteiger partial charge in [-0.05, 0) is 47.7 Å². The van der Waals surface area contributed by atoms with Crippen LogP contribution in [0.4, 0.5) is 15.0 Å². The van der Waals surface area contributed by atoms with Gasteiger partial charge in [0.05, 0.1) is 26.1 Å². The van der Waals surface area contributed by atoms with Crippen molar-refractivity contribution in [1.82, 2.24) is 14.9 Å². The van der Waals surface area contributed by atoms with E-state index in [1.54, 1.807) is 17.0 Å². The van der Waals surface area contributed by atoms with Gasteiger partial charge in [-0.3, -0.25) is 5.32 Å². The molecule has 0 saturated carbocycles. The fraction of sp³-hybridized carbons (Fsp3) is 0.296. The molecule has 1 unspecified atom stereocenters. The fourth-order valence-electron chi connectivity index (χ4n) is 3.97. The number of halogens is 1. The second-order valence-electron chi connectivity index (χ2n) is 8.49. The molecule has 1 fully saturated rings. The lowest BCUT2D eigenvalue weighted by Gasteiger charge is -2.33. The zero-order chi connectivity index (χ0) is 24.6. The Bertz CT molecular complexity index is 1170. The van der Waals surface area contributed by atoms with E-state index in [0.29, 0.717) is 37.8 Å². The van der Waals surface area contributed by atoms with Crippen molar-refractivity contribution in [1.29, 1.82) is 0 Å². The number of hydrogen-bond acceptors (Lipinski definition) is 5. The van der Waals surface area contributed by atoms with E-state index in [1.807, 2.05) is 24.3 Å². The second-order valence-corrected chi connectivity index (χ2v) is 8.49. The quantitative estimate of drug-likeness (QED) is 0.507. The van der Waals surface area contributed by atoms with Crippen LogP contribution in [0, 0.1) is 11.7 Å². The van der Waals surface area contributed by atoms with Gasteiger partial charge < -0.3 is 14.4 Å². The first kappa shape index (κ1) is 24.2. The van der Waals surface area contributed by atoms with Gasteiger partial charge in [0.2, 0.25) is 5.88 Å². The van der Waals surface area contributed by atoms with Gasteiger partial charge >= 0.3 is 6.03 Å². The molecule has 3 aromatic rings. The molecular formula is C27H29FN4O3. The number of urea groups is 1. The molecule has 0 bridgehead atoms. The summed E-state index contributed by atoms with van der Waals surface area (Å²) in [5.74, 6) is 1.57. The molecule has 2 amide bonds. The van der Waals surface area contributed by atoms with E-state index in [2.05, 4.69) is 28.3 Å². The molecule has 0 aliphatic carbocycles. The largest absolute Gasteiger partial charge is 0.493 e. The number of carbonyl (C=O) groups excluding carboxylic acids is 1. The third-order valence-corrected chi connectivity index (χ3v) is 5.94. The van der Waals surface area contributed by atoms with E-state index in [9.17, 15) is 9.18 Å². The Balaban J connectivity index is 1.30. The number of likely N-dealkylation sites (tertiary alicyclic amines) is 1. The van der Waals surface area contributed by atoms with Gasteiger partial charge in [0.25, 0.3) is 0 Å². The number of rotatable bonds is 7. The average Bonchev–Trinajstić information content (AvgIpc) is 2.87. The highest BCUT2D eigenvalue weighted by Gasteiger charge is 2.24. The van der Waals surface area contributed by atoms with Crippen molar-refractivity contribution >= 4 is 17.9 Å². The minimum Gasteiger partial charge on any atom is -0.493 e. The van der Waals surface area contributed by atoms with Crippen molar-refractivity contribution < 1.29 is 18.7 Å². The molecule has 1 aliphatic rings. The standard InChI is InChI=1S/C27H29FN4O3/c1-19-18-32(27(33)31-25-16-30-26(34-2)17-29-25)12-10-22(19)14-21-4-3-5-24(15-21)35-13-11-20-6-8-23(28)9-7-20/h3-9,14-17,19H,10-13,18H2,1-2H3,(H,29,31,33)/b22-14+. The van der Waals surface area contributed by atoms with E-state index >= 15 is 0 Å². The van der Waals surface area contributed by atoms with Crippen LogP contribution in [0.15, 0.2) is 66.5 Å². The van der Waals surface area contributed by atoms with Crippen LogP contribution in [0.3, 0.4) is 0 Å². The van der Waals surface area contributed by atoms with E-state index < -0.39 is 0 Å². The Hall–Kier alpha value is -3.94. The van der Waals surface area contributed by atoms with Crippen molar-refractivity contribution in [3.8, 4) is 11.6 Å². The van der Waals surface area contributed by atoms with Gasteiger partial charge in [-0.25, -0.2) is 19.2 Å². The first-order valence-electron chi connectivity index (χ1n) is 11.6. The number of piperidine rings is 1. The number of ether oxygens (including phenoxy) is 2. The minimum atomic E-state index is -0.234. The Morgan fingerprint density at radius 3 is 2.74 bits per heavy atom. The summed E-state index contributed by atoms with van der Waals surface area (Å²) in [6.07, 6.45) is 6.63.